The zero-order chi connectivity index (χ0) is 30.2. The van der Waals surface area contributed by atoms with E-state index >= 15 is 0 Å². The molecule has 4 rings (SSSR count). The van der Waals surface area contributed by atoms with Gasteiger partial charge in [0.15, 0.2) is 0 Å². The minimum absolute atomic E-state index is 0.0348. The van der Waals surface area contributed by atoms with E-state index in [9.17, 15) is 26.6 Å². The van der Waals surface area contributed by atoms with Crippen LogP contribution in [-0.4, -0.2) is 51.9 Å². The summed E-state index contributed by atoms with van der Waals surface area (Å²) in [7, 11) is -3.59. The predicted molar refractivity (Wildman–Crippen MR) is 154 cm³/mol. The second kappa shape index (κ2) is 12.2. The van der Waals surface area contributed by atoms with Crippen molar-refractivity contribution >= 4 is 16.0 Å². The van der Waals surface area contributed by atoms with Crippen molar-refractivity contribution in [3.8, 4) is 11.3 Å². The number of aromatic nitrogens is 1. The largest absolute Gasteiger partial charge is 0.417 e. The number of alkyl halides is 4. The first-order chi connectivity index (χ1) is 19.0. The van der Waals surface area contributed by atoms with Crippen LogP contribution >= 0.6 is 0 Å². The molecule has 0 bridgehead atoms. The van der Waals surface area contributed by atoms with E-state index in [1.807, 2.05) is 4.57 Å². The topological polar surface area (TPSA) is 72.4 Å². The number of amides is 1. The Bertz CT molecular complexity index is 1290. The van der Waals surface area contributed by atoms with Crippen molar-refractivity contribution in [3.05, 3.63) is 41.1 Å². The van der Waals surface area contributed by atoms with Crippen LogP contribution in [0.15, 0.2) is 29.2 Å². The molecule has 2 aliphatic rings. The van der Waals surface area contributed by atoms with Crippen LogP contribution in [0.25, 0.3) is 11.3 Å². The van der Waals surface area contributed by atoms with Crippen molar-refractivity contribution in [2.75, 3.05) is 19.5 Å². The van der Waals surface area contributed by atoms with E-state index in [1.165, 1.54) is 12.3 Å². The van der Waals surface area contributed by atoms with Crippen molar-refractivity contribution in [1.82, 2.24) is 14.6 Å². The summed E-state index contributed by atoms with van der Waals surface area (Å²) in [4.78, 5) is 13.1. The van der Waals surface area contributed by atoms with E-state index in [2.05, 4.69) is 10.0 Å². The molecule has 2 N–H and O–H groups in total. The summed E-state index contributed by atoms with van der Waals surface area (Å²) in [6.07, 6.45) is -0.611. The molecule has 1 amide bonds. The second-order valence-electron chi connectivity index (χ2n) is 12.6. The van der Waals surface area contributed by atoms with E-state index < -0.39 is 33.6 Å². The maximum absolute atomic E-state index is 14.4. The minimum Gasteiger partial charge on any atom is -0.381 e. The number of nitrogens with zero attached hydrogens (tertiary/aromatic N) is 1. The van der Waals surface area contributed by atoms with Crippen molar-refractivity contribution in [3.63, 3.8) is 0 Å². The summed E-state index contributed by atoms with van der Waals surface area (Å²) in [6, 6.07) is 5.50. The molecule has 1 saturated carbocycles. The summed E-state index contributed by atoms with van der Waals surface area (Å²) < 4.78 is 80.8. The normalized spacial score (nSPS) is 21.6. The van der Waals surface area contributed by atoms with Gasteiger partial charge in [-0.3, -0.25) is 13.7 Å². The molecule has 0 atom stereocenters. The third kappa shape index (κ3) is 7.78. The monoisotopic (exact) mass is 601 g/mol. The van der Waals surface area contributed by atoms with Gasteiger partial charge in [-0.2, -0.15) is 13.2 Å². The second-order valence-corrected chi connectivity index (χ2v) is 15.2. The van der Waals surface area contributed by atoms with Gasteiger partial charge in [0, 0.05) is 53.9 Å². The molecule has 1 aromatic carbocycles. The third-order valence-corrected chi connectivity index (χ3v) is 10.4. The van der Waals surface area contributed by atoms with E-state index in [-0.39, 0.29) is 28.3 Å². The molecular formula is C30H43F4N3O3S. The van der Waals surface area contributed by atoms with Gasteiger partial charge in [-0.25, -0.2) is 4.39 Å². The van der Waals surface area contributed by atoms with Gasteiger partial charge < -0.3 is 14.6 Å². The van der Waals surface area contributed by atoms with Crippen LogP contribution < -0.4 is 10.0 Å². The van der Waals surface area contributed by atoms with Gasteiger partial charge in [0.2, 0.25) is 0 Å². The number of rotatable bonds is 7. The van der Waals surface area contributed by atoms with Crippen LogP contribution in [0.5, 0.6) is 0 Å². The fraction of sp³-hybridized carbons (Fsp3) is 0.633. The summed E-state index contributed by atoms with van der Waals surface area (Å²) in [5.41, 5.74) is 0.189. The van der Waals surface area contributed by atoms with Crippen LogP contribution in [0, 0.1) is 12.8 Å². The first-order valence-electron chi connectivity index (χ1n) is 14.4. The summed E-state index contributed by atoms with van der Waals surface area (Å²) >= 11 is 0. The number of hydrogen-bond donors (Lipinski definition) is 3. The number of carbonyl (C=O) groups is 1. The average molecular weight is 602 g/mol. The molecule has 6 nitrogen and oxygen atoms in total. The van der Waals surface area contributed by atoms with Crippen LogP contribution in [0.2, 0.25) is 0 Å². The lowest BCUT2D eigenvalue weighted by atomic mass is 9.88. The fourth-order valence-corrected chi connectivity index (χ4v) is 8.42. The maximum atomic E-state index is 14.4. The van der Waals surface area contributed by atoms with Crippen molar-refractivity contribution < 1.29 is 31.3 Å². The van der Waals surface area contributed by atoms with Gasteiger partial charge in [-0.15, -0.1) is 0 Å². The highest BCUT2D eigenvalue weighted by atomic mass is 32.3. The Hall–Kier alpha value is -2.24. The average Bonchev–Trinajstić information content (AvgIpc) is 3.19. The molecule has 230 valence electrons. The Labute approximate surface area is 241 Å². The van der Waals surface area contributed by atoms with Gasteiger partial charge in [-0.05, 0) is 106 Å². The Balaban J connectivity index is 1.78. The molecule has 41 heavy (non-hydrogen) atoms. The lowest BCUT2D eigenvalue weighted by molar-refractivity contribution is -0.139. The van der Waals surface area contributed by atoms with E-state index in [0.717, 1.165) is 6.07 Å². The molecule has 11 heteroatoms. The molecule has 1 aliphatic carbocycles. The van der Waals surface area contributed by atoms with Gasteiger partial charge in [0.1, 0.15) is 6.17 Å². The van der Waals surface area contributed by atoms with Crippen LogP contribution in [0.3, 0.4) is 0 Å². The standard InChI is InChI=1S/C30H43F4N3O3S/c1-19-24(28(38)35-23-12-14-40-15-13-23)17-26(37(19)18-20-6-9-22(31)10-7-20)21-8-11-27(25(16-21)30(32,33)34)41(5,39)36-29(2,3)4/h8,11,16-17,20,22-23,41H,6-7,9-10,12-15,18H2,1-5H3,(H,35,38)(H,36,39). The highest BCUT2D eigenvalue weighted by Gasteiger charge is 2.38. The molecule has 1 saturated heterocycles. The SMILES string of the molecule is Cc1c(C(=O)NC2CCOCC2)cc(-c2ccc([SH](C)(=O)NC(C)(C)C)c(C(F)(F)F)c2)n1CC1CCC(F)CC1. The number of carbonyl (C=O) groups excluding carboxylic acids is 1. The Morgan fingerprint density at radius 3 is 2.27 bits per heavy atom. The number of ether oxygens (including phenoxy) is 1. The maximum Gasteiger partial charge on any atom is 0.417 e. The zero-order valence-electron chi connectivity index (χ0n) is 24.5. The molecule has 2 fully saturated rings. The van der Waals surface area contributed by atoms with E-state index in [4.69, 9.17) is 4.74 Å². The van der Waals surface area contributed by atoms with Crippen molar-refractivity contribution in [1.29, 1.82) is 0 Å². The Morgan fingerprint density at radius 2 is 1.68 bits per heavy atom. The highest BCUT2D eigenvalue weighted by molar-refractivity contribution is 8.00. The van der Waals surface area contributed by atoms with Gasteiger partial charge in [0.25, 0.3) is 5.91 Å². The highest BCUT2D eigenvalue weighted by Crippen LogP contribution is 2.40. The molecule has 0 radical (unpaired) electrons. The van der Waals surface area contributed by atoms with Crippen LogP contribution in [0.4, 0.5) is 17.6 Å². The lowest BCUT2D eigenvalue weighted by Crippen LogP contribution is -2.44. The zero-order valence-corrected chi connectivity index (χ0v) is 25.4. The number of thiol groups is 1. The van der Waals surface area contributed by atoms with Crippen molar-refractivity contribution in [2.45, 2.75) is 102 Å². The van der Waals surface area contributed by atoms with Gasteiger partial charge in [-0.1, -0.05) is 6.07 Å². The molecule has 2 heterocycles. The number of benzene rings is 1. The molecule has 1 aromatic heterocycles. The number of halogens is 4. The third-order valence-electron chi connectivity index (χ3n) is 7.99. The summed E-state index contributed by atoms with van der Waals surface area (Å²) in [5, 5.41) is 3.06. The van der Waals surface area contributed by atoms with E-state index in [0.29, 0.717) is 75.2 Å². The molecule has 0 spiro atoms. The molecule has 1 aliphatic heterocycles. The lowest BCUT2D eigenvalue weighted by Gasteiger charge is -2.32. The van der Waals surface area contributed by atoms with Crippen LogP contribution in [-0.2, 0) is 27.6 Å². The predicted octanol–water partition coefficient (Wildman–Crippen LogP) is 6.23. The smallest absolute Gasteiger partial charge is 0.381 e. The number of nitrogens with one attached hydrogen (secondary N) is 2. The van der Waals surface area contributed by atoms with Crippen LogP contribution in [0.1, 0.15) is 80.9 Å². The van der Waals surface area contributed by atoms with Gasteiger partial charge in [0.05, 0.1) is 11.1 Å². The first-order valence-corrected chi connectivity index (χ1v) is 16.5. The first kappa shape index (κ1) is 31.7. The van der Waals surface area contributed by atoms with E-state index in [1.54, 1.807) is 39.8 Å². The number of hydrogen-bond acceptors (Lipinski definition) is 3. The molecule has 2 aromatic rings. The molecular weight excluding hydrogens is 558 g/mol. The summed E-state index contributed by atoms with van der Waals surface area (Å²) in [5.74, 6) is -0.131. The van der Waals surface area contributed by atoms with Crippen molar-refractivity contribution in [2.24, 2.45) is 5.92 Å². The Morgan fingerprint density at radius 1 is 1.05 bits per heavy atom. The summed E-state index contributed by atoms with van der Waals surface area (Å²) in [6.45, 7) is 8.66. The fourth-order valence-electron chi connectivity index (χ4n) is 6.01. The molecule has 0 unspecified atom stereocenters. The quantitative estimate of drug-likeness (QED) is 0.260. The van der Waals surface area contributed by atoms with Gasteiger partial charge >= 0.3 is 6.18 Å². The Kier molecular flexibility index (Phi) is 9.40. The minimum atomic E-state index is -4.74.